The molecule has 1 heterocycles. The highest BCUT2D eigenvalue weighted by molar-refractivity contribution is 7.89. The summed E-state index contributed by atoms with van der Waals surface area (Å²) < 4.78 is 25.1. The lowest BCUT2D eigenvalue weighted by molar-refractivity contribution is 0.584. The van der Waals surface area contributed by atoms with Crippen molar-refractivity contribution in [2.75, 3.05) is 24.2 Å². The number of anilines is 1. The molecular weight excluding hydrogens is 242 g/mol. The first kappa shape index (κ1) is 13.8. The fourth-order valence-corrected chi connectivity index (χ4v) is 2.08. The maximum atomic E-state index is 11.3. The van der Waals surface area contributed by atoms with Gasteiger partial charge < -0.3 is 5.32 Å². The third-order valence-corrected chi connectivity index (χ3v) is 3.58. The summed E-state index contributed by atoms with van der Waals surface area (Å²) in [4.78, 5) is 4.14. The first-order valence-corrected chi connectivity index (χ1v) is 6.99. The van der Waals surface area contributed by atoms with Crippen molar-refractivity contribution >= 4 is 16.0 Å². The van der Waals surface area contributed by atoms with E-state index in [0.717, 1.165) is 11.4 Å². The summed E-state index contributed by atoms with van der Waals surface area (Å²) in [6, 6.07) is 0. The Labute approximate surface area is 101 Å². The summed E-state index contributed by atoms with van der Waals surface area (Å²) in [5.41, 5.74) is 1.54. The molecule has 1 rings (SSSR count). The zero-order chi connectivity index (χ0) is 12.9. The van der Waals surface area contributed by atoms with Crippen molar-refractivity contribution in [1.82, 2.24) is 19.9 Å². The molecule has 0 radical (unpaired) electrons. The largest absolute Gasteiger partial charge is 0.352 e. The van der Waals surface area contributed by atoms with E-state index in [9.17, 15) is 8.42 Å². The van der Waals surface area contributed by atoms with Gasteiger partial charge >= 0.3 is 0 Å². The molecule has 0 aliphatic rings. The molecule has 8 heteroatoms. The second-order valence-corrected chi connectivity index (χ2v) is 5.48. The summed E-state index contributed by atoms with van der Waals surface area (Å²) >= 11 is 0. The van der Waals surface area contributed by atoms with Crippen LogP contribution in [0.15, 0.2) is 0 Å². The van der Waals surface area contributed by atoms with Gasteiger partial charge in [0.1, 0.15) is 0 Å². The number of nitrogens with zero attached hydrogens (tertiary/aromatic N) is 3. The zero-order valence-corrected chi connectivity index (χ0v) is 11.0. The van der Waals surface area contributed by atoms with Gasteiger partial charge in [-0.25, -0.2) is 18.1 Å². The van der Waals surface area contributed by atoms with Crippen LogP contribution in [0.3, 0.4) is 0 Å². The van der Waals surface area contributed by atoms with E-state index < -0.39 is 10.0 Å². The van der Waals surface area contributed by atoms with Crippen LogP contribution in [0, 0.1) is 13.8 Å². The highest BCUT2D eigenvalue weighted by Crippen LogP contribution is 2.01. The van der Waals surface area contributed by atoms with E-state index in [0.29, 0.717) is 12.5 Å². The van der Waals surface area contributed by atoms with Crippen molar-refractivity contribution < 1.29 is 8.42 Å². The molecule has 0 aliphatic heterocycles. The van der Waals surface area contributed by atoms with Gasteiger partial charge in [0.05, 0.1) is 17.1 Å². The maximum Gasteiger partial charge on any atom is 0.242 e. The summed E-state index contributed by atoms with van der Waals surface area (Å²) in [5, 5.41) is 10.5. The fraction of sp³-hybridized carbons (Fsp3) is 0.667. The quantitative estimate of drug-likeness (QED) is 0.737. The van der Waals surface area contributed by atoms with E-state index in [2.05, 4.69) is 25.2 Å². The van der Waals surface area contributed by atoms with Crippen molar-refractivity contribution in [1.29, 1.82) is 0 Å². The highest BCUT2D eigenvalue weighted by atomic mass is 32.2. The second kappa shape index (κ2) is 5.87. The molecule has 0 spiro atoms. The molecule has 0 aliphatic carbocycles. The standard InChI is InChI=1S/C9H17N5O2S/c1-4-11-17(15,16)6-5-10-9-12-7(2)8(3)13-14-9/h11H,4-6H2,1-3H3,(H,10,12,14). The third kappa shape index (κ3) is 4.61. The van der Waals surface area contributed by atoms with Gasteiger partial charge in [0.25, 0.3) is 0 Å². The van der Waals surface area contributed by atoms with Gasteiger partial charge in [0.15, 0.2) is 0 Å². The Bertz CT molecular complexity index is 474. The molecule has 0 saturated carbocycles. The van der Waals surface area contributed by atoms with Crippen LogP contribution in [0.25, 0.3) is 0 Å². The Morgan fingerprint density at radius 1 is 1.18 bits per heavy atom. The second-order valence-electron chi connectivity index (χ2n) is 3.55. The van der Waals surface area contributed by atoms with Crippen LogP contribution in [0.5, 0.6) is 0 Å². The molecule has 7 nitrogen and oxygen atoms in total. The molecule has 17 heavy (non-hydrogen) atoms. The van der Waals surface area contributed by atoms with Crippen molar-refractivity contribution in [2.24, 2.45) is 0 Å². The molecule has 1 aromatic rings. The smallest absolute Gasteiger partial charge is 0.242 e. The molecule has 0 aromatic carbocycles. The molecule has 0 atom stereocenters. The van der Waals surface area contributed by atoms with Crippen molar-refractivity contribution in [2.45, 2.75) is 20.8 Å². The molecule has 2 N–H and O–H groups in total. The van der Waals surface area contributed by atoms with E-state index >= 15 is 0 Å². The number of nitrogens with one attached hydrogen (secondary N) is 2. The molecular formula is C9H17N5O2S. The predicted molar refractivity (Wildman–Crippen MR) is 65.3 cm³/mol. The first-order chi connectivity index (χ1) is 7.94. The van der Waals surface area contributed by atoms with E-state index in [1.54, 1.807) is 6.92 Å². The van der Waals surface area contributed by atoms with Gasteiger partial charge in [-0.2, -0.15) is 5.10 Å². The van der Waals surface area contributed by atoms with Gasteiger partial charge in [0, 0.05) is 13.1 Å². The van der Waals surface area contributed by atoms with Crippen LogP contribution in [-0.2, 0) is 10.0 Å². The zero-order valence-electron chi connectivity index (χ0n) is 10.2. The first-order valence-electron chi connectivity index (χ1n) is 5.33. The average Bonchev–Trinajstić information content (AvgIpc) is 2.23. The van der Waals surface area contributed by atoms with E-state index in [1.165, 1.54) is 0 Å². The number of hydrogen-bond acceptors (Lipinski definition) is 6. The van der Waals surface area contributed by atoms with Gasteiger partial charge in [-0.05, 0) is 13.8 Å². The minimum atomic E-state index is -3.21. The Balaban J connectivity index is 2.49. The Morgan fingerprint density at radius 3 is 2.47 bits per heavy atom. The topological polar surface area (TPSA) is 96.9 Å². The number of sulfonamides is 1. The lowest BCUT2D eigenvalue weighted by atomic mass is 10.4. The number of aryl methyl sites for hydroxylation is 2. The third-order valence-electron chi connectivity index (χ3n) is 2.11. The Morgan fingerprint density at radius 2 is 1.88 bits per heavy atom. The Hall–Kier alpha value is -1.28. The maximum absolute atomic E-state index is 11.3. The van der Waals surface area contributed by atoms with Crippen LogP contribution in [-0.4, -0.2) is 42.4 Å². The van der Waals surface area contributed by atoms with Crippen LogP contribution in [0.4, 0.5) is 5.95 Å². The lowest BCUT2D eigenvalue weighted by Crippen LogP contribution is -2.29. The van der Waals surface area contributed by atoms with Crippen LogP contribution < -0.4 is 10.0 Å². The normalized spacial score (nSPS) is 11.5. The van der Waals surface area contributed by atoms with Crippen LogP contribution in [0.1, 0.15) is 18.3 Å². The molecule has 0 saturated heterocycles. The van der Waals surface area contributed by atoms with Crippen LogP contribution >= 0.6 is 0 Å². The molecule has 1 aromatic heterocycles. The number of hydrogen-bond donors (Lipinski definition) is 2. The van der Waals surface area contributed by atoms with Gasteiger partial charge in [0.2, 0.25) is 16.0 Å². The van der Waals surface area contributed by atoms with Gasteiger partial charge in [-0.15, -0.1) is 5.10 Å². The monoisotopic (exact) mass is 259 g/mol. The number of rotatable bonds is 6. The molecule has 96 valence electrons. The van der Waals surface area contributed by atoms with Crippen molar-refractivity contribution in [3.8, 4) is 0 Å². The van der Waals surface area contributed by atoms with Gasteiger partial charge in [-0.1, -0.05) is 6.92 Å². The van der Waals surface area contributed by atoms with E-state index in [4.69, 9.17) is 0 Å². The average molecular weight is 259 g/mol. The molecule has 0 fully saturated rings. The fourth-order valence-electron chi connectivity index (χ4n) is 1.12. The SMILES string of the molecule is CCNS(=O)(=O)CCNc1nnc(C)c(C)n1. The van der Waals surface area contributed by atoms with Crippen molar-refractivity contribution in [3.05, 3.63) is 11.4 Å². The summed E-state index contributed by atoms with van der Waals surface area (Å²) in [7, 11) is -3.21. The molecule has 0 unspecified atom stereocenters. The predicted octanol–water partition coefficient (Wildman–Crippen LogP) is -0.160. The van der Waals surface area contributed by atoms with E-state index in [-0.39, 0.29) is 12.3 Å². The van der Waals surface area contributed by atoms with Gasteiger partial charge in [-0.3, -0.25) is 0 Å². The lowest BCUT2D eigenvalue weighted by Gasteiger charge is -2.06. The summed E-state index contributed by atoms with van der Waals surface area (Å²) in [6.07, 6.45) is 0. The molecule has 0 bridgehead atoms. The summed E-state index contributed by atoms with van der Waals surface area (Å²) in [6.45, 7) is 6.02. The van der Waals surface area contributed by atoms with E-state index in [1.807, 2.05) is 13.8 Å². The van der Waals surface area contributed by atoms with Crippen LogP contribution in [0.2, 0.25) is 0 Å². The molecule has 0 amide bonds. The number of aromatic nitrogens is 3. The minimum absolute atomic E-state index is 0.0167. The minimum Gasteiger partial charge on any atom is -0.352 e. The highest BCUT2D eigenvalue weighted by Gasteiger charge is 2.08. The van der Waals surface area contributed by atoms with Crippen molar-refractivity contribution in [3.63, 3.8) is 0 Å². The Kier molecular flexibility index (Phi) is 4.76. The summed E-state index contributed by atoms with van der Waals surface area (Å²) in [5.74, 6) is 0.330.